The third kappa shape index (κ3) is 7.89. The van der Waals surface area contributed by atoms with Gasteiger partial charge in [0.25, 0.3) is 5.91 Å². The van der Waals surface area contributed by atoms with E-state index in [1.807, 2.05) is 5.32 Å². The number of benzene rings is 1. The lowest BCUT2D eigenvalue weighted by Crippen LogP contribution is -2.43. The minimum absolute atomic E-state index is 0.275. The summed E-state index contributed by atoms with van der Waals surface area (Å²) in [6.45, 7) is -3.93. The van der Waals surface area contributed by atoms with Crippen LogP contribution in [-0.4, -0.2) is 81.8 Å². The quantitative estimate of drug-likeness (QED) is 0.322. The van der Waals surface area contributed by atoms with Crippen LogP contribution in [0.3, 0.4) is 0 Å². The Balaban J connectivity index is 1.65. The number of aromatic nitrogens is 3. The number of nitrogens with zero attached hydrogens (tertiary/aromatic N) is 4. The first-order valence-corrected chi connectivity index (χ1v) is 12.9. The van der Waals surface area contributed by atoms with Gasteiger partial charge in [0.1, 0.15) is 23.8 Å². The average molecular weight is 698 g/mol. The highest BCUT2D eigenvalue weighted by molar-refractivity contribution is 5.98. The molecule has 1 aliphatic heterocycles. The summed E-state index contributed by atoms with van der Waals surface area (Å²) in [5, 5.41) is 5.69. The normalized spacial score (nSPS) is 17.9. The van der Waals surface area contributed by atoms with Crippen molar-refractivity contribution in [2.75, 3.05) is 25.4 Å². The Labute approximate surface area is 253 Å². The summed E-state index contributed by atoms with van der Waals surface area (Å²) in [7, 11) is 0. The fourth-order valence-corrected chi connectivity index (χ4v) is 4.71. The zero-order valence-electron chi connectivity index (χ0n) is 23.0. The highest BCUT2D eigenvalue weighted by Gasteiger charge is 2.58. The number of amides is 2. The van der Waals surface area contributed by atoms with Crippen LogP contribution >= 0.6 is 0 Å². The van der Waals surface area contributed by atoms with Crippen molar-refractivity contribution in [1.29, 1.82) is 0 Å². The molecule has 0 bridgehead atoms. The first-order valence-electron chi connectivity index (χ1n) is 12.9. The molecule has 22 heteroatoms. The van der Waals surface area contributed by atoms with Gasteiger partial charge in [-0.3, -0.25) is 9.59 Å². The predicted molar refractivity (Wildman–Crippen MR) is 132 cm³/mol. The maximum atomic E-state index is 14.8. The average Bonchev–Trinajstić information content (AvgIpc) is 3.50. The number of hydrogen-bond donors (Lipinski definition) is 2. The third-order valence-electron chi connectivity index (χ3n) is 6.89. The molecular weight excluding hydrogens is 679 g/mol. The molecule has 3 aromatic rings. The van der Waals surface area contributed by atoms with E-state index in [0.717, 1.165) is 24.5 Å². The largest absolute Gasteiger partial charge is 0.483 e. The second-order valence-electron chi connectivity index (χ2n) is 10.2. The number of hydrogen-bond acceptors (Lipinski definition) is 6. The molecule has 1 fully saturated rings. The Morgan fingerprint density at radius 1 is 0.979 bits per heavy atom. The Morgan fingerprint density at radius 3 is 2.19 bits per heavy atom. The predicted octanol–water partition coefficient (Wildman–Crippen LogP) is 5.35. The van der Waals surface area contributed by atoms with Gasteiger partial charge in [0.2, 0.25) is 5.91 Å². The smallest absolute Gasteiger partial charge is 0.422 e. The van der Waals surface area contributed by atoms with Crippen molar-refractivity contribution in [3.63, 3.8) is 0 Å². The van der Waals surface area contributed by atoms with Crippen LogP contribution in [0.5, 0.6) is 5.75 Å². The molecule has 2 aromatic heterocycles. The Morgan fingerprint density at radius 2 is 1.62 bits per heavy atom. The second kappa shape index (κ2) is 12.2. The summed E-state index contributed by atoms with van der Waals surface area (Å²) in [6, 6.07) is 1.29. The summed E-state index contributed by atoms with van der Waals surface area (Å²) < 4.78 is 177. The summed E-state index contributed by atoms with van der Waals surface area (Å²) in [4.78, 5) is 29.3. The van der Waals surface area contributed by atoms with Gasteiger partial charge in [0, 0.05) is 18.5 Å². The van der Waals surface area contributed by atoms with E-state index in [-0.39, 0.29) is 11.3 Å². The monoisotopic (exact) mass is 698 g/mol. The van der Waals surface area contributed by atoms with E-state index in [9.17, 15) is 66.7 Å². The highest BCUT2D eigenvalue weighted by atomic mass is 19.4. The maximum absolute atomic E-state index is 14.8. The number of nitrogens with two attached hydrogens (primary N) is 1. The van der Waals surface area contributed by atoms with Crippen molar-refractivity contribution in [2.24, 2.45) is 5.92 Å². The molecule has 3 heterocycles. The molecule has 2 atom stereocenters. The molecule has 0 radical (unpaired) electrons. The first-order chi connectivity index (χ1) is 21.5. The number of anilines is 1. The number of nitrogen functional groups attached to an aromatic ring is 1. The minimum Gasteiger partial charge on any atom is -0.483 e. The van der Waals surface area contributed by atoms with Crippen molar-refractivity contribution in [2.45, 2.75) is 43.3 Å². The van der Waals surface area contributed by atoms with E-state index in [1.165, 1.54) is 0 Å². The lowest BCUT2D eigenvalue weighted by Gasteiger charge is -2.25. The lowest BCUT2D eigenvalue weighted by atomic mass is 10.0. The molecule has 1 aromatic carbocycles. The molecule has 0 aliphatic carbocycles. The SMILES string of the molecule is Nc1ncnn2c(-c3ccc(OCC(F)(F)F)c(C(=O)N[C@@H]4CN(C(=O)CC(C(F)(F)F)C(F)(F)F)C[C@@H]4F)c3)cc(C(F)(F)F)c12. The van der Waals surface area contributed by atoms with Crippen LogP contribution in [0, 0.1) is 5.92 Å². The number of halogens is 13. The summed E-state index contributed by atoms with van der Waals surface area (Å²) >= 11 is 0. The number of likely N-dealkylation sites (tertiary alicyclic amines) is 1. The van der Waals surface area contributed by atoms with E-state index in [2.05, 4.69) is 14.8 Å². The molecule has 0 unspecified atom stereocenters. The highest BCUT2D eigenvalue weighted by Crippen LogP contribution is 2.42. The number of rotatable bonds is 7. The van der Waals surface area contributed by atoms with Crippen molar-refractivity contribution in [3.05, 3.63) is 41.7 Å². The summed E-state index contributed by atoms with van der Waals surface area (Å²) in [6.07, 6.45) is -25.3. The van der Waals surface area contributed by atoms with Gasteiger partial charge in [-0.1, -0.05) is 0 Å². The topological polar surface area (TPSA) is 115 Å². The van der Waals surface area contributed by atoms with E-state index in [1.54, 1.807) is 0 Å². The van der Waals surface area contributed by atoms with E-state index in [4.69, 9.17) is 5.73 Å². The molecule has 47 heavy (non-hydrogen) atoms. The van der Waals surface area contributed by atoms with Crippen molar-refractivity contribution in [3.8, 4) is 17.0 Å². The van der Waals surface area contributed by atoms with Gasteiger partial charge in [0.05, 0.1) is 29.4 Å². The van der Waals surface area contributed by atoms with Gasteiger partial charge in [0.15, 0.2) is 18.3 Å². The molecule has 3 N–H and O–H groups in total. The van der Waals surface area contributed by atoms with Crippen LogP contribution in [-0.2, 0) is 11.0 Å². The van der Waals surface area contributed by atoms with Crippen molar-refractivity contribution < 1.29 is 71.4 Å². The molecule has 0 saturated carbocycles. The maximum Gasteiger partial charge on any atom is 0.422 e. The molecule has 1 aliphatic rings. The Hall–Kier alpha value is -4.53. The van der Waals surface area contributed by atoms with Crippen LogP contribution in [0.15, 0.2) is 30.6 Å². The Kier molecular flexibility index (Phi) is 9.21. The summed E-state index contributed by atoms with van der Waals surface area (Å²) in [5.41, 5.74) is 2.12. The number of nitrogens with one attached hydrogen (secondary N) is 1. The standard InChI is InChI=1S/C25H19F13N6O3/c26-13-6-43(18(45)5-17(24(33,34)35)25(36,37)38)7-14(13)42-21(46)11-3-10(1-2-16(11)47-8-22(27,28)29)15-4-12(23(30,31)32)19-20(39)40-9-41-44(15)19/h1-4,9,13-14,17H,5-8H2,(H,42,46)(H2,39,40,41)/t13-,14+/m0/s1. The van der Waals surface area contributed by atoms with E-state index >= 15 is 0 Å². The molecule has 0 spiro atoms. The fraction of sp³-hybridized carbons (Fsp3) is 0.440. The van der Waals surface area contributed by atoms with Crippen LogP contribution in [0.1, 0.15) is 22.3 Å². The minimum atomic E-state index is -5.86. The van der Waals surface area contributed by atoms with E-state index in [0.29, 0.717) is 15.5 Å². The third-order valence-corrected chi connectivity index (χ3v) is 6.89. The van der Waals surface area contributed by atoms with Gasteiger partial charge >= 0.3 is 24.7 Å². The molecule has 4 rings (SSSR count). The molecule has 1 saturated heterocycles. The van der Waals surface area contributed by atoms with Gasteiger partial charge < -0.3 is 20.7 Å². The molecular formula is C25H19F13N6O3. The van der Waals surface area contributed by atoms with Crippen LogP contribution < -0.4 is 15.8 Å². The van der Waals surface area contributed by atoms with E-state index < -0.39 is 109 Å². The number of fused-ring (bicyclic) bond motifs is 1. The lowest BCUT2D eigenvalue weighted by molar-refractivity contribution is -0.284. The second-order valence-corrected chi connectivity index (χ2v) is 10.2. The number of carbonyl (C=O) groups excluding carboxylic acids is 2. The number of carbonyl (C=O) groups is 2. The Bertz CT molecular complexity index is 1630. The van der Waals surface area contributed by atoms with Crippen LogP contribution in [0.25, 0.3) is 16.8 Å². The van der Waals surface area contributed by atoms with Gasteiger partial charge in [-0.15, -0.1) is 0 Å². The molecule has 258 valence electrons. The molecule has 2 amide bonds. The number of ether oxygens (including phenoxy) is 1. The molecule has 9 nitrogen and oxygen atoms in total. The van der Waals surface area contributed by atoms with Crippen molar-refractivity contribution >= 4 is 23.1 Å². The van der Waals surface area contributed by atoms with Gasteiger partial charge in [-0.05, 0) is 24.3 Å². The summed E-state index contributed by atoms with van der Waals surface area (Å²) in [5.74, 6) is -8.63. The number of alkyl halides is 13. The zero-order chi connectivity index (χ0) is 35.3. The fourth-order valence-electron chi connectivity index (χ4n) is 4.71. The van der Waals surface area contributed by atoms with Gasteiger partial charge in [-0.25, -0.2) is 13.9 Å². The zero-order valence-corrected chi connectivity index (χ0v) is 23.0. The first kappa shape index (κ1) is 35.3. The van der Waals surface area contributed by atoms with Gasteiger partial charge in [-0.2, -0.15) is 57.8 Å². The van der Waals surface area contributed by atoms with Crippen molar-refractivity contribution in [1.82, 2.24) is 24.8 Å². The van der Waals surface area contributed by atoms with Crippen LogP contribution in [0.2, 0.25) is 0 Å². The van der Waals surface area contributed by atoms with Crippen LogP contribution in [0.4, 0.5) is 62.9 Å².